The highest BCUT2D eigenvalue weighted by Crippen LogP contribution is 2.13. The minimum atomic E-state index is -0.265. The Morgan fingerprint density at radius 2 is 1.77 bits per heavy atom. The van der Waals surface area contributed by atoms with E-state index in [1.807, 2.05) is 36.4 Å². The van der Waals surface area contributed by atoms with Gasteiger partial charge >= 0.3 is 0 Å². The lowest BCUT2D eigenvalue weighted by Crippen LogP contribution is -2.19. The maximum atomic E-state index is 12.4. The van der Waals surface area contributed by atoms with Crippen LogP contribution in [0.25, 0.3) is 0 Å². The van der Waals surface area contributed by atoms with E-state index >= 15 is 0 Å². The number of amides is 1. The van der Waals surface area contributed by atoms with Crippen molar-refractivity contribution < 1.29 is 14.3 Å². The summed E-state index contributed by atoms with van der Waals surface area (Å²) in [6.07, 6.45) is 3.05. The maximum absolute atomic E-state index is 12.4. The van der Waals surface area contributed by atoms with Crippen LogP contribution in [-0.2, 0) is 19.4 Å². The molecule has 2 N–H and O–H groups in total. The molecule has 5 nitrogen and oxygen atoms in total. The van der Waals surface area contributed by atoms with Crippen molar-refractivity contribution in [2.24, 2.45) is 5.10 Å². The van der Waals surface area contributed by atoms with Crippen LogP contribution in [0.5, 0.6) is 0 Å². The van der Waals surface area contributed by atoms with Crippen molar-refractivity contribution in [2.75, 3.05) is 0 Å². The Kier molecular flexibility index (Phi) is 5.96. The number of aliphatic hydroxyl groups is 1. The molecule has 0 saturated carbocycles. The predicted octanol–water partition coefficient (Wildman–Crippen LogP) is 3.32. The normalized spacial score (nSPS) is 11.0. The van der Waals surface area contributed by atoms with Crippen LogP contribution >= 0.6 is 0 Å². The smallest absolute Gasteiger partial charge is 0.271 e. The van der Waals surface area contributed by atoms with Gasteiger partial charge in [0.15, 0.2) is 0 Å². The van der Waals surface area contributed by atoms with Gasteiger partial charge in [0.2, 0.25) is 0 Å². The van der Waals surface area contributed by atoms with Gasteiger partial charge in [0.25, 0.3) is 5.91 Å². The molecule has 0 radical (unpaired) electrons. The highest BCUT2D eigenvalue weighted by molar-refractivity contribution is 5.96. The molecule has 0 aliphatic heterocycles. The van der Waals surface area contributed by atoms with E-state index < -0.39 is 0 Å². The molecule has 1 amide bonds. The fraction of sp³-hybridized carbons (Fsp3) is 0.143. The Morgan fingerprint density at radius 3 is 2.54 bits per heavy atom. The zero-order valence-electron chi connectivity index (χ0n) is 14.3. The Balaban J connectivity index is 1.63. The summed E-state index contributed by atoms with van der Waals surface area (Å²) in [5, 5.41) is 12.9. The third-order valence-electron chi connectivity index (χ3n) is 3.98. The highest BCUT2D eigenvalue weighted by atomic mass is 16.4. The summed E-state index contributed by atoms with van der Waals surface area (Å²) in [5.41, 5.74) is 5.34. The number of benzene rings is 2. The summed E-state index contributed by atoms with van der Waals surface area (Å²) in [5.74, 6) is 0.648. The minimum absolute atomic E-state index is 0.172. The SMILES string of the molecule is O=C(N/N=C/c1ccc(CO)o1)c1ccccc1CCc1ccccc1. The summed E-state index contributed by atoms with van der Waals surface area (Å²) in [6, 6.07) is 21.0. The van der Waals surface area contributed by atoms with Gasteiger partial charge in [0, 0.05) is 5.56 Å². The summed E-state index contributed by atoms with van der Waals surface area (Å²) in [6.45, 7) is -0.172. The number of carbonyl (C=O) groups is 1. The summed E-state index contributed by atoms with van der Waals surface area (Å²) in [7, 11) is 0. The maximum Gasteiger partial charge on any atom is 0.271 e. The number of aliphatic hydroxyl groups excluding tert-OH is 1. The number of hydrogen-bond donors (Lipinski definition) is 2. The Hall–Kier alpha value is -3.18. The standard InChI is InChI=1S/C21H20N2O3/c24-15-19-13-12-18(26-19)14-22-23-21(25)20-9-5-4-8-17(20)11-10-16-6-2-1-3-7-16/h1-9,12-14,24H,10-11,15H2,(H,23,25)/b22-14+. The average molecular weight is 348 g/mol. The fourth-order valence-electron chi connectivity index (χ4n) is 2.65. The fourth-order valence-corrected chi connectivity index (χ4v) is 2.65. The molecule has 0 atom stereocenters. The van der Waals surface area contributed by atoms with E-state index in [2.05, 4.69) is 22.7 Å². The van der Waals surface area contributed by atoms with Gasteiger partial charge in [-0.05, 0) is 42.2 Å². The summed E-state index contributed by atoms with van der Waals surface area (Å²) >= 11 is 0. The van der Waals surface area contributed by atoms with Gasteiger partial charge in [-0.15, -0.1) is 0 Å². The quantitative estimate of drug-likeness (QED) is 0.508. The second-order valence-corrected chi connectivity index (χ2v) is 5.80. The van der Waals surface area contributed by atoms with Crippen molar-refractivity contribution in [3.05, 3.63) is 94.9 Å². The van der Waals surface area contributed by atoms with Crippen molar-refractivity contribution in [1.29, 1.82) is 0 Å². The number of hydrazone groups is 1. The number of carbonyl (C=O) groups excluding carboxylic acids is 1. The number of furan rings is 1. The zero-order valence-corrected chi connectivity index (χ0v) is 14.3. The monoisotopic (exact) mass is 348 g/mol. The minimum Gasteiger partial charge on any atom is -0.458 e. The molecule has 2 aromatic carbocycles. The van der Waals surface area contributed by atoms with E-state index in [1.165, 1.54) is 11.8 Å². The lowest BCUT2D eigenvalue weighted by molar-refractivity contribution is 0.0954. The van der Waals surface area contributed by atoms with Crippen LogP contribution in [0.2, 0.25) is 0 Å². The molecule has 0 aliphatic rings. The summed E-state index contributed by atoms with van der Waals surface area (Å²) in [4.78, 5) is 12.4. The third-order valence-corrected chi connectivity index (χ3v) is 3.98. The van der Waals surface area contributed by atoms with Crippen LogP contribution in [0.4, 0.5) is 0 Å². The molecule has 0 bridgehead atoms. The van der Waals surface area contributed by atoms with Gasteiger partial charge in [-0.3, -0.25) is 4.79 Å². The molecular formula is C21H20N2O3. The van der Waals surface area contributed by atoms with Crippen molar-refractivity contribution in [1.82, 2.24) is 5.43 Å². The molecule has 132 valence electrons. The first-order valence-electron chi connectivity index (χ1n) is 8.41. The van der Waals surface area contributed by atoms with Gasteiger partial charge in [0.05, 0.1) is 6.21 Å². The highest BCUT2D eigenvalue weighted by Gasteiger charge is 2.10. The van der Waals surface area contributed by atoms with Crippen LogP contribution in [0.15, 0.2) is 76.2 Å². The van der Waals surface area contributed by atoms with Gasteiger partial charge in [-0.1, -0.05) is 48.5 Å². The molecule has 5 heteroatoms. The van der Waals surface area contributed by atoms with Gasteiger partial charge in [-0.25, -0.2) is 5.43 Å². The molecule has 0 fully saturated rings. The molecule has 0 unspecified atom stereocenters. The van der Waals surface area contributed by atoms with E-state index in [4.69, 9.17) is 9.52 Å². The number of rotatable bonds is 7. The summed E-state index contributed by atoms with van der Waals surface area (Å²) < 4.78 is 5.28. The van der Waals surface area contributed by atoms with Gasteiger partial charge in [-0.2, -0.15) is 5.10 Å². The number of aryl methyl sites for hydroxylation is 2. The largest absolute Gasteiger partial charge is 0.458 e. The van der Waals surface area contributed by atoms with Crippen LogP contribution in [0, 0.1) is 0 Å². The molecule has 0 aliphatic carbocycles. The molecule has 0 spiro atoms. The van der Waals surface area contributed by atoms with Crippen LogP contribution in [0.1, 0.15) is 33.0 Å². The molecule has 1 heterocycles. The molecule has 3 rings (SSSR count). The Labute approximate surface area is 152 Å². The predicted molar refractivity (Wildman–Crippen MR) is 100.0 cm³/mol. The molecule has 0 saturated heterocycles. The van der Waals surface area contributed by atoms with Crippen molar-refractivity contribution in [2.45, 2.75) is 19.4 Å². The van der Waals surface area contributed by atoms with Crippen molar-refractivity contribution >= 4 is 12.1 Å². The first-order chi connectivity index (χ1) is 12.8. The van der Waals surface area contributed by atoms with Gasteiger partial charge in [0.1, 0.15) is 18.1 Å². The van der Waals surface area contributed by atoms with E-state index in [1.54, 1.807) is 18.2 Å². The molecular weight excluding hydrogens is 328 g/mol. The number of nitrogens with zero attached hydrogens (tertiary/aromatic N) is 1. The van der Waals surface area contributed by atoms with E-state index in [-0.39, 0.29) is 12.5 Å². The zero-order chi connectivity index (χ0) is 18.2. The van der Waals surface area contributed by atoms with Crippen LogP contribution in [-0.4, -0.2) is 17.2 Å². The number of hydrogen-bond acceptors (Lipinski definition) is 4. The molecule has 1 aromatic heterocycles. The Morgan fingerprint density at radius 1 is 1.00 bits per heavy atom. The average Bonchev–Trinajstić information content (AvgIpc) is 3.15. The van der Waals surface area contributed by atoms with Crippen LogP contribution < -0.4 is 5.43 Å². The number of nitrogens with one attached hydrogen (secondary N) is 1. The lowest BCUT2D eigenvalue weighted by atomic mass is 9.99. The lowest BCUT2D eigenvalue weighted by Gasteiger charge is -2.08. The van der Waals surface area contributed by atoms with Crippen LogP contribution in [0.3, 0.4) is 0 Å². The van der Waals surface area contributed by atoms with E-state index in [9.17, 15) is 4.79 Å². The van der Waals surface area contributed by atoms with Crippen molar-refractivity contribution in [3.8, 4) is 0 Å². The van der Waals surface area contributed by atoms with E-state index in [0.29, 0.717) is 17.1 Å². The first kappa shape index (κ1) is 17.6. The molecule has 26 heavy (non-hydrogen) atoms. The first-order valence-corrected chi connectivity index (χ1v) is 8.41. The Bertz CT molecular complexity index is 885. The third kappa shape index (κ3) is 4.68. The van der Waals surface area contributed by atoms with Crippen molar-refractivity contribution in [3.63, 3.8) is 0 Å². The van der Waals surface area contributed by atoms with Gasteiger partial charge < -0.3 is 9.52 Å². The van der Waals surface area contributed by atoms with E-state index in [0.717, 1.165) is 18.4 Å². The second kappa shape index (κ2) is 8.78. The second-order valence-electron chi connectivity index (χ2n) is 5.80. The molecule has 3 aromatic rings. The topological polar surface area (TPSA) is 74.8 Å².